The summed E-state index contributed by atoms with van der Waals surface area (Å²) in [7, 11) is 2.01. The van der Waals surface area contributed by atoms with Crippen LogP contribution in [0.4, 0.5) is 0 Å². The molecule has 0 rings (SSSR count). The number of hydrazine groups is 1. The molecular weight excluding hydrogens is 100 g/mol. The number of nitrogens with zero attached hydrogens (tertiary/aromatic N) is 1. The van der Waals surface area contributed by atoms with E-state index in [1.165, 1.54) is 0 Å². The van der Waals surface area contributed by atoms with Crippen molar-refractivity contribution >= 4 is 0 Å². The molecule has 1 radical (unpaired) electrons. The number of rotatable bonds is 3. The van der Waals surface area contributed by atoms with Crippen molar-refractivity contribution in [1.29, 1.82) is 0 Å². The fraction of sp³-hybridized carbons (Fsp3) is 0.833. The van der Waals surface area contributed by atoms with E-state index >= 15 is 0 Å². The largest absolute Gasteiger partial charge is 0.255 e. The van der Waals surface area contributed by atoms with Gasteiger partial charge >= 0.3 is 0 Å². The third-order valence-corrected chi connectivity index (χ3v) is 1.14. The molecule has 49 valence electrons. The SMILES string of the molecule is [CH2]CNN(C)C(C)C. The molecule has 0 aromatic rings. The van der Waals surface area contributed by atoms with Crippen LogP contribution in [0.25, 0.3) is 0 Å². The second kappa shape index (κ2) is 3.87. The van der Waals surface area contributed by atoms with Crippen LogP contribution in [0.15, 0.2) is 0 Å². The maximum atomic E-state index is 3.66. The van der Waals surface area contributed by atoms with E-state index in [1.807, 2.05) is 12.1 Å². The zero-order valence-electron chi connectivity index (χ0n) is 5.94. The van der Waals surface area contributed by atoms with Gasteiger partial charge in [-0.05, 0) is 20.8 Å². The lowest BCUT2D eigenvalue weighted by molar-refractivity contribution is 0.196. The molecule has 1 N–H and O–H groups in total. The minimum absolute atomic E-state index is 0.553. The summed E-state index contributed by atoms with van der Waals surface area (Å²) >= 11 is 0. The summed E-state index contributed by atoms with van der Waals surface area (Å²) in [4.78, 5) is 0. The first kappa shape index (κ1) is 7.92. The molecular formula is C6H15N2. The topological polar surface area (TPSA) is 15.3 Å². The molecule has 0 aliphatic rings. The molecule has 0 aromatic heterocycles. The molecule has 0 amide bonds. The summed E-state index contributed by atoms with van der Waals surface area (Å²) in [6, 6.07) is 0.553. The Morgan fingerprint density at radius 3 is 2.25 bits per heavy atom. The van der Waals surface area contributed by atoms with Gasteiger partial charge in [-0.15, -0.1) is 0 Å². The van der Waals surface area contributed by atoms with E-state index in [0.717, 1.165) is 6.54 Å². The number of hydrogen-bond acceptors (Lipinski definition) is 2. The van der Waals surface area contributed by atoms with Crippen molar-refractivity contribution in [2.75, 3.05) is 13.6 Å². The Bertz CT molecular complexity index is 52.5. The molecule has 0 aliphatic heterocycles. The van der Waals surface area contributed by atoms with Gasteiger partial charge in [-0.1, -0.05) is 0 Å². The minimum Gasteiger partial charge on any atom is -0.255 e. The molecule has 2 heteroatoms. The van der Waals surface area contributed by atoms with Gasteiger partial charge in [0, 0.05) is 19.6 Å². The van der Waals surface area contributed by atoms with E-state index in [1.54, 1.807) is 0 Å². The Hall–Kier alpha value is -0.0800. The predicted molar refractivity (Wildman–Crippen MR) is 36.3 cm³/mol. The molecule has 8 heavy (non-hydrogen) atoms. The van der Waals surface area contributed by atoms with Gasteiger partial charge in [0.15, 0.2) is 0 Å². The van der Waals surface area contributed by atoms with E-state index in [2.05, 4.69) is 26.2 Å². The summed E-state index contributed by atoms with van der Waals surface area (Å²) in [5.74, 6) is 0. The van der Waals surface area contributed by atoms with Crippen LogP contribution < -0.4 is 5.43 Å². The minimum atomic E-state index is 0.553. The predicted octanol–water partition coefficient (Wildman–Crippen LogP) is 0.665. The lowest BCUT2D eigenvalue weighted by Gasteiger charge is -2.20. The second-order valence-electron chi connectivity index (χ2n) is 2.11. The zero-order valence-corrected chi connectivity index (χ0v) is 5.94. The third-order valence-electron chi connectivity index (χ3n) is 1.14. The Morgan fingerprint density at radius 1 is 1.62 bits per heavy atom. The Balaban J connectivity index is 3.17. The monoisotopic (exact) mass is 115 g/mol. The maximum Gasteiger partial charge on any atom is 0.0183 e. The first-order valence-corrected chi connectivity index (χ1v) is 2.94. The van der Waals surface area contributed by atoms with E-state index in [9.17, 15) is 0 Å². The van der Waals surface area contributed by atoms with E-state index in [-0.39, 0.29) is 0 Å². The molecule has 0 heterocycles. The Morgan fingerprint density at radius 2 is 2.12 bits per heavy atom. The molecule has 0 atom stereocenters. The van der Waals surface area contributed by atoms with Crippen LogP contribution in [0.2, 0.25) is 0 Å². The van der Waals surface area contributed by atoms with Gasteiger partial charge in [0.1, 0.15) is 0 Å². The van der Waals surface area contributed by atoms with Crippen LogP contribution in [0.5, 0.6) is 0 Å². The lowest BCUT2D eigenvalue weighted by atomic mass is 10.4. The van der Waals surface area contributed by atoms with E-state index in [0.29, 0.717) is 6.04 Å². The quantitative estimate of drug-likeness (QED) is 0.544. The zero-order chi connectivity index (χ0) is 6.57. The summed E-state index contributed by atoms with van der Waals surface area (Å²) in [5.41, 5.74) is 3.07. The van der Waals surface area contributed by atoms with Crippen molar-refractivity contribution in [2.24, 2.45) is 0 Å². The average Bonchev–Trinajstić information content (AvgIpc) is 1.67. The van der Waals surface area contributed by atoms with E-state index < -0.39 is 0 Å². The number of hydrogen-bond donors (Lipinski definition) is 1. The molecule has 0 unspecified atom stereocenters. The van der Waals surface area contributed by atoms with Gasteiger partial charge in [0.25, 0.3) is 0 Å². The van der Waals surface area contributed by atoms with E-state index in [4.69, 9.17) is 0 Å². The summed E-state index contributed by atoms with van der Waals surface area (Å²) < 4.78 is 0. The van der Waals surface area contributed by atoms with Crippen LogP contribution in [-0.2, 0) is 0 Å². The molecule has 0 saturated carbocycles. The maximum absolute atomic E-state index is 3.66. The molecule has 0 spiro atoms. The lowest BCUT2D eigenvalue weighted by Crippen LogP contribution is -2.39. The molecule has 0 aromatic carbocycles. The fourth-order valence-electron chi connectivity index (χ4n) is 0.359. The second-order valence-corrected chi connectivity index (χ2v) is 2.11. The number of nitrogens with one attached hydrogen (secondary N) is 1. The van der Waals surface area contributed by atoms with Crippen molar-refractivity contribution in [2.45, 2.75) is 19.9 Å². The Kier molecular flexibility index (Phi) is 3.83. The van der Waals surface area contributed by atoms with Crippen LogP contribution in [-0.4, -0.2) is 24.6 Å². The van der Waals surface area contributed by atoms with Crippen molar-refractivity contribution < 1.29 is 0 Å². The van der Waals surface area contributed by atoms with Crippen LogP contribution in [0.3, 0.4) is 0 Å². The summed E-state index contributed by atoms with van der Waals surface area (Å²) in [6.45, 7) is 8.67. The highest BCUT2D eigenvalue weighted by molar-refractivity contribution is 4.50. The van der Waals surface area contributed by atoms with Gasteiger partial charge in [-0.3, -0.25) is 5.43 Å². The summed E-state index contributed by atoms with van der Waals surface area (Å²) in [5, 5.41) is 2.03. The van der Waals surface area contributed by atoms with Gasteiger partial charge in [-0.2, -0.15) is 0 Å². The highest BCUT2D eigenvalue weighted by Crippen LogP contribution is 1.85. The van der Waals surface area contributed by atoms with Crippen LogP contribution >= 0.6 is 0 Å². The Labute approximate surface area is 51.8 Å². The molecule has 0 bridgehead atoms. The molecule has 0 saturated heterocycles. The van der Waals surface area contributed by atoms with Gasteiger partial charge in [0.05, 0.1) is 0 Å². The standard InChI is InChI=1S/C6H15N2/c1-5-7-8(4)6(2)3/h6-7H,1,5H2,2-4H3. The van der Waals surface area contributed by atoms with Gasteiger partial charge < -0.3 is 0 Å². The van der Waals surface area contributed by atoms with Crippen molar-refractivity contribution in [3.8, 4) is 0 Å². The van der Waals surface area contributed by atoms with Crippen molar-refractivity contribution in [1.82, 2.24) is 10.4 Å². The van der Waals surface area contributed by atoms with Gasteiger partial charge in [0.2, 0.25) is 0 Å². The van der Waals surface area contributed by atoms with Crippen molar-refractivity contribution in [3.05, 3.63) is 6.92 Å². The normalized spacial score (nSPS) is 11.2. The third kappa shape index (κ3) is 2.99. The van der Waals surface area contributed by atoms with Crippen LogP contribution in [0.1, 0.15) is 13.8 Å². The molecule has 2 nitrogen and oxygen atoms in total. The highest BCUT2D eigenvalue weighted by atomic mass is 15.5. The van der Waals surface area contributed by atoms with Crippen LogP contribution in [0, 0.1) is 6.92 Å². The highest BCUT2D eigenvalue weighted by Gasteiger charge is 1.97. The smallest absolute Gasteiger partial charge is 0.0183 e. The summed E-state index contributed by atoms with van der Waals surface area (Å²) in [6.07, 6.45) is 0. The fourth-order valence-corrected chi connectivity index (χ4v) is 0.359. The average molecular weight is 115 g/mol. The first-order chi connectivity index (χ1) is 3.68. The van der Waals surface area contributed by atoms with Crippen molar-refractivity contribution in [3.63, 3.8) is 0 Å². The first-order valence-electron chi connectivity index (χ1n) is 2.94. The van der Waals surface area contributed by atoms with Gasteiger partial charge in [-0.25, -0.2) is 5.01 Å². The molecule has 0 fully saturated rings. The molecule has 0 aliphatic carbocycles.